The number of aliphatic imine (C=N–C) groups is 1. The first-order chi connectivity index (χ1) is 12.5. The van der Waals surface area contributed by atoms with Gasteiger partial charge in [0.25, 0.3) is 0 Å². The van der Waals surface area contributed by atoms with Gasteiger partial charge in [-0.15, -0.1) is 0 Å². The smallest absolute Gasteiger partial charge is 0.213 e. The maximum atomic E-state index is 12.2. The Morgan fingerprint density at radius 2 is 2.19 bits per heavy atom. The van der Waals surface area contributed by atoms with Gasteiger partial charge in [0.05, 0.1) is 18.5 Å². The molecule has 9 heteroatoms. The molecule has 3 heterocycles. The van der Waals surface area contributed by atoms with Crippen LogP contribution in [0.5, 0.6) is 0 Å². The first kappa shape index (κ1) is 19.9. The zero-order valence-corrected chi connectivity index (χ0v) is 16.5. The molecule has 0 bridgehead atoms. The van der Waals surface area contributed by atoms with E-state index in [9.17, 15) is 8.42 Å². The van der Waals surface area contributed by atoms with Crippen LogP contribution in [-0.2, 0) is 19.5 Å². The molecule has 3 fully saturated rings. The van der Waals surface area contributed by atoms with E-state index in [0.29, 0.717) is 13.1 Å². The molecule has 0 saturated carbocycles. The number of hydrogen-bond donors (Lipinski definition) is 2. The lowest BCUT2D eigenvalue weighted by molar-refractivity contribution is 0.0200. The lowest BCUT2D eigenvalue weighted by Gasteiger charge is -2.25. The van der Waals surface area contributed by atoms with Crippen molar-refractivity contribution in [2.24, 2.45) is 10.4 Å². The molecule has 2 unspecified atom stereocenters. The van der Waals surface area contributed by atoms with E-state index in [0.717, 1.165) is 71.0 Å². The Morgan fingerprint density at radius 1 is 1.31 bits per heavy atom. The van der Waals surface area contributed by atoms with Crippen molar-refractivity contribution in [1.82, 2.24) is 14.9 Å². The van der Waals surface area contributed by atoms with Crippen molar-refractivity contribution in [2.45, 2.75) is 38.2 Å². The van der Waals surface area contributed by atoms with Gasteiger partial charge in [-0.2, -0.15) is 0 Å². The van der Waals surface area contributed by atoms with Crippen molar-refractivity contribution >= 4 is 16.0 Å². The standard InChI is InChI=1S/C17H32N4O4S/c1-18-16(21-8-5-17(13-21)6-10-24-14-17)19-7-11-26(22,23)20-12-15-4-2-3-9-25-15/h15,20H,2-14H2,1H3,(H,18,19). The second-order valence-corrected chi connectivity index (χ2v) is 9.53. The summed E-state index contributed by atoms with van der Waals surface area (Å²) < 4.78 is 38.2. The van der Waals surface area contributed by atoms with Gasteiger partial charge in [-0.05, 0) is 32.1 Å². The van der Waals surface area contributed by atoms with E-state index < -0.39 is 10.0 Å². The Kier molecular flexibility index (Phi) is 6.76. The first-order valence-electron chi connectivity index (χ1n) is 9.64. The Bertz CT molecular complexity index is 584. The lowest BCUT2D eigenvalue weighted by atomic mass is 9.87. The summed E-state index contributed by atoms with van der Waals surface area (Å²) in [5.74, 6) is 0.806. The molecule has 0 aromatic carbocycles. The van der Waals surface area contributed by atoms with Crippen molar-refractivity contribution in [3.63, 3.8) is 0 Å². The Morgan fingerprint density at radius 3 is 2.88 bits per heavy atom. The molecule has 0 aromatic rings. The van der Waals surface area contributed by atoms with Gasteiger partial charge in [0.15, 0.2) is 5.96 Å². The third-order valence-electron chi connectivity index (χ3n) is 5.59. The molecule has 1 spiro atoms. The van der Waals surface area contributed by atoms with Crippen LogP contribution in [-0.4, -0.2) is 84.2 Å². The average Bonchev–Trinajstić information content (AvgIpc) is 3.28. The minimum absolute atomic E-state index is 0.00803. The summed E-state index contributed by atoms with van der Waals surface area (Å²) in [6, 6.07) is 0. The molecule has 0 aliphatic carbocycles. The summed E-state index contributed by atoms with van der Waals surface area (Å²) in [7, 11) is -1.57. The summed E-state index contributed by atoms with van der Waals surface area (Å²) in [6.07, 6.45) is 5.31. The van der Waals surface area contributed by atoms with Crippen LogP contribution in [0.4, 0.5) is 0 Å². The van der Waals surface area contributed by atoms with Gasteiger partial charge in [0.2, 0.25) is 10.0 Å². The number of hydrogen-bond acceptors (Lipinski definition) is 5. The highest BCUT2D eigenvalue weighted by Gasteiger charge is 2.42. The summed E-state index contributed by atoms with van der Waals surface area (Å²) in [4.78, 5) is 6.53. The highest BCUT2D eigenvalue weighted by atomic mass is 32.2. The maximum Gasteiger partial charge on any atom is 0.213 e. The maximum absolute atomic E-state index is 12.2. The predicted molar refractivity (Wildman–Crippen MR) is 101 cm³/mol. The zero-order chi connectivity index (χ0) is 18.5. The topological polar surface area (TPSA) is 92.3 Å². The molecule has 0 radical (unpaired) electrons. The van der Waals surface area contributed by atoms with Gasteiger partial charge in [-0.1, -0.05) is 0 Å². The second-order valence-electron chi connectivity index (χ2n) is 7.60. The molecule has 150 valence electrons. The van der Waals surface area contributed by atoms with E-state index in [-0.39, 0.29) is 17.3 Å². The van der Waals surface area contributed by atoms with E-state index in [1.54, 1.807) is 7.05 Å². The highest BCUT2D eigenvalue weighted by molar-refractivity contribution is 7.89. The molecule has 2 N–H and O–H groups in total. The molecule has 3 aliphatic heterocycles. The van der Waals surface area contributed by atoms with Gasteiger partial charge in [-0.25, -0.2) is 13.1 Å². The van der Waals surface area contributed by atoms with Gasteiger partial charge < -0.3 is 19.7 Å². The lowest BCUT2D eigenvalue weighted by Crippen LogP contribution is -2.44. The minimum Gasteiger partial charge on any atom is -0.381 e. The molecule has 0 aromatic heterocycles. The Balaban J connectivity index is 1.39. The van der Waals surface area contributed by atoms with Crippen LogP contribution in [0, 0.1) is 5.41 Å². The number of likely N-dealkylation sites (tertiary alicyclic amines) is 1. The quantitative estimate of drug-likeness (QED) is 0.498. The van der Waals surface area contributed by atoms with Crippen LogP contribution in [0.3, 0.4) is 0 Å². The second kappa shape index (κ2) is 8.86. The van der Waals surface area contributed by atoms with Crippen molar-refractivity contribution in [1.29, 1.82) is 0 Å². The van der Waals surface area contributed by atoms with Crippen LogP contribution >= 0.6 is 0 Å². The van der Waals surface area contributed by atoms with E-state index >= 15 is 0 Å². The monoisotopic (exact) mass is 388 g/mol. The van der Waals surface area contributed by atoms with Crippen LogP contribution in [0.25, 0.3) is 0 Å². The van der Waals surface area contributed by atoms with Crippen LogP contribution in [0.2, 0.25) is 0 Å². The molecule has 26 heavy (non-hydrogen) atoms. The number of nitrogens with one attached hydrogen (secondary N) is 2. The molecular weight excluding hydrogens is 356 g/mol. The first-order valence-corrected chi connectivity index (χ1v) is 11.3. The molecule has 2 atom stereocenters. The molecular formula is C17H32N4O4S. The SMILES string of the molecule is CN=C(NCCS(=O)(=O)NCC1CCCCO1)N1CCC2(CCOC2)C1. The van der Waals surface area contributed by atoms with Gasteiger partial charge in [0, 0.05) is 51.9 Å². The fraction of sp³-hybridized carbons (Fsp3) is 0.941. The number of sulfonamides is 1. The Hall–Kier alpha value is -0.900. The van der Waals surface area contributed by atoms with Crippen molar-refractivity contribution < 1.29 is 17.9 Å². The Labute approximate surface area is 156 Å². The fourth-order valence-electron chi connectivity index (χ4n) is 3.98. The number of nitrogens with zero attached hydrogens (tertiary/aromatic N) is 2. The predicted octanol–water partition coefficient (Wildman–Crippen LogP) is 0.163. The van der Waals surface area contributed by atoms with Gasteiger partial charge in [-0.3, -0.25) is 4.99 Å². The van der Waals surface area contributed by atoms with E-state index in [2.05, 4.69) is 19.9 Å². The molecule has 3 rings (SSSR count). The van der Waals surface area contributed by atoms with Gasteiger partial charge >= 0.3 is 0 Å². The summed E-state index contributed by atoms with van der Waals surface area (Å²) in [5, 5.41) is 3.20. The molecule has 3 saturated heterocycles. The number of rotatable bonds is 6. The summed E-state index contributed by atoms with van der Waals surface area (Å²) in [6.45, 7) is 4.96. The van der Waals surface area contributed by atoms with Crippen molar-refractivity contribution in [3.8, 4) is 0 Å². The van der Waals surface area contributed by atoms with Crippen molar-refractivity contribution in [2.75, 3.05) is 58.8 Å². The third-order valence-corrected chi connectivity index (χ3v) is 6.94. The molecule has 0 amide bonds. The van der Waals surface area contributed by atoms with Crippen LogP contribution in [0.1, 0.15) is 32.1 Å². The summed E-state index contributed by atoms with van der Waals surface area (Å²) >= 11 is 0. The minimum atomic E-state index is -3.32. The number of ether oxygens (including phenoxy) is 2. The van der Waals surface area contributed by atoms with Crippen molar-refractivity contribution in [3.05, 3.63) is 0 Å². The van der Waals surface area contributed by atoms with E-state index in [1.165, 1.54) is 0 Å². The van der Waals surface area contributed by atoms with E-state index in [1.807, 2.05) is 0 Å². The average molecular weight is 389 g/mol. The largest absolute Gasteiger partial charge is 0.381 e. The molecule has 3 aliphatic rings. The summed E-state index contributed by atoms with van der Waals surface area (Å²) in [5.41, 5.74) is 0.255. The fourth-order valence-corrected chi connectivity index (χ4v) is 4.93. The van der Waals surface area contributed by atoms with Crippen LogP contribution < -0.4 is 10.0 Å². The molecule has 8 nitrogen and oxygen atoms in total. The number of guanidine groups is 1. The van der Waals surface area contributed by atoms with Gasteiger partial charge in [0.1, 0.15) is 0 Å². The normalized spacial score (nSPS) is 30.3. The van der Waals surface area contributed by atoms with Crippen LogP contribution in [0.15, 0.2) is 4.99 Å². The highest BCUT2D eigenvalue weighted by Crippen LogP contribution is 2.38. The zero-order valence-electron chi connectivity index (χ0n) is 15.7. The third kappa shape index (κ3) is 5.31. The van der Waals surface area contributed by atoms with E-state index in [4.69, 9.17) is 9.47 Å².